The van der Waals surface area contributed by atoms with Crippen LogP contribution in [0, 0.1) is 5.41 Å². The zero-order valence-corrected chi connectivity index (χ0v) is 11.2. The SMILES string of the molecule is CC1=CCC(C)(C)/C=C/C(=O)/C(C)=C/[C@H](O)C1. The van der Waals surface area contributed by atoms with Gasteiger partial charge in [-0.3, -0.25) is 4.79 Å². The molecular formula is C15H22O2. The summed E-state index contributed by atoms with van der Waals surface area (Å²) in [4.78, 5) is 11.8. The lowest BCUT2D eigenvalue weighted by Gasteiger charge is -2.18. The van der Waals surface area contributed by atoms with Crippen molar-refractivity contribution in [3.05, 3.63) is 35.5 Å². The molecule has 0 aliphatic heterocycles. The molecule has 0 saturated carbocycles. The average Bonchev–Trinajstić information content (AvgIpc) is 2.23. The molecular weight excluding hydrogens is 212 g/mol. The van der Waals surface area contributed by atoms with Crippen molar-refractivity contribution >= 4 is 5.78 Å². The maximum atomic E-state index is 11.8. The van der Waals surface area contributed by atoms with Gasteiger partial charge in [-0.25, -0.2) is 0 Å². The van der Waals surface area contributed by atoms with Crippen molar-refractivity contribution in [1.29, 1.82) is 0 Å². The van der Waals surface area contributed by atoms with E-state index in [0.29, 0.717) is 12.0 Å². The number of rotatable bonds is 0. The van der Waals surface area contributed by atoms with Crippen LogP contribution in [-0.4, -0.2) is 17.0 Å². The van der Waals surface area contributed by atoms with E-state index in [1.54, 1.807) is 19.1 Å². The summed E-state index contributed by atoms with van der Waals surface area (Å²) in [6.07, 6.45) is 8.27. The minimum atomic E-state index is -0.565. The predicted molar refractivity (Wildman–Crippen MR) is 70.7 cm³/mol. The summed E-state index contributed by atoms with van der Waals surface area (Å²) in [5.74, 6) is -0.0170. The summed E-state index contributed by atoms with van der Waals surface area (Å²) < 4.78 is 0. The van der Waals surface area contributed by atoms with Crippen molar-refractivity contribution in [3.63, 3.8) is 0 Å². The maximum Gasteiger partial charge on any atom is 0.181 e. The molecule has 17 heavy (non-hydrogen) atoms. The van der Waals surface area contributed by atoms with Gasteiger partial charge in [0.15, 0.2) is 5.78 Å². The highest BCUT2D eigenvalue weighted by atomic mass is 16.3. The normalized spacial score (nSPS) is 30.9. The number of ketones is 1. The Balaban J connectivity index is 3.05. The van der Waals surface area contributed by atoms with E-state index in [-0.39, 0.29) is 11.2 Å². The van der Waals surface area contributed by atoms with E-state index >= 15 is 0 Å². The summed E-state index contributed by atoms with van der Waals surface area (Å²) >= 11 is 0. The molecule has 0 aromatic carbocycles. The molecule has 0 radical (unpaired) electrons. The second-order valence-corrected chi connectivity index (χ2v) is 5.56. The number of allylic oxidation sites excluding steroid dienone is 4. The molecule has 0 bridgehead atoms. The van der Waals surface area contributed by atoms with E-state index in [1.165, 1.54) is 0 Å². The van der Waals surface area contributed by atoms with Gasteiger partial charge in [0.25, 0.3) is 0 Å². The fourth-order valence-electron chi connectivity index (χ4n) is 1.78. The lowest BCUT2D eigenvalue weighted by Crippen LogP contribution is -2.07. The van der Waals surface area contributed by atoms with Gasteiger partial charge in [-0.05, 0) is 49.8 Å². The number of hydrogen-bond donors (Lipinski definition) is 1. The van der Waals surface area contributed by atoms with Crippen LogP contribution in [0.15, 0.2) is 35.5 Å². The molecule has 1 aliphatic rings. The van der Waals surface area contributed by atoms with E-state index < -0.39 is 6.10 Å². The Morgan fingerprint density at radius 1 is 1.35 bits per heavy atom. The van der Waals surface area contributed by atoms with Crippen LogP contribution in [0.2, 0.25) is 0 Å². The molecule has 2 nitrogen and oxygen atoms in total. The van der Waals surface area contributed by atoms with E-state index in [1.807, 2.05) is 13.0 Å². The Bertz CT molecular complexity index is 384. The molecule has 1 rings (SSSR count). The van der Waals surface area contributed by atoms with Crippen molar-refractivity contribution in [2.75, 3.05) is 0 Å². The number of carbonyl (C=O) groups is 1. The van der Waals surface area contributed by atoms with Crippen molar-refractivity contribution in [2.45, 2.75) is 46.6 Å². The molecule has 0 aromatic rings. The third kappa shape index (κ3) is 4.70. The van der Waals surface area contributed by atoms with Crippen molar-refractivity contribution in [1.82, 2.24) is 0 Å². The Kier molecular flexibility index (Phi) is 4.47. The quantitative estimate of drug-likeness (QED) is 0.654. The third-order valence-electron chi connectivity index (χ3n) is 3.02. The molecule has 0 spiro atoms. The molecule has 1 aliphatic carbocycles. The van der Waals surface area contributed by atoms with Crippen LogP contribution < -0.4 is 0 Å². The molecule has 1 N–H and O–H groups in total. The molecule has 0 aromatic heterocycles. The Morgan fingerprint density at radius 3 is 2.65 bits per heavy atom. The van der Waals surface area contributed by atoms with Crippen LogP contribution in [0.4, 0.5) is 0 Å². The molecule has 0 unspecified atom stereocenters. The lowest BCUT2D eigenvalue weighted by molar-refractivity contribution is -0.111. The number of hydrogen-bond acceptors (Lipinski definition) is 2. The van der Waals surface area contributed by atoms with Crippen molar-refractivity contribution in [2.24, 2.45) is 5.41 Å². The summed E-state index contributed by atoms with van der Waals surface area (Å²) in [5, 5.41) is 9.82. The first kappa shape index (κ1) is 13.9. The fourth-order valence-corrected chi connectivity index (χ4v) is 1.78. The second kappa shape index (κ2) is 5.46. The van der Waals surface area contributed by atoms with Crippen LogP contribution >= 0.6 is 0 Å². The van der Waals surface area contributed by atoms with Gasteiger partial charge in [0.05, 0.1) is 6.10 Å². The van der Waals surface area contributed by atoms with Gasteiger partial charge in [-0.15, -0.1) is 0 Å². The smallest absolute Gasteiger partial charge is 0.181 e. The standard InChI is InChI=1S/C15H22O2/c1-11-5-7-15(3,4)8-6-14(17)12(2)10-13(16)9-11/h5-6,8,10,13,16H,7,9H2,1-4H3/b8-6+,11-5?,12-10+/t13-/m1/s1. The van der Waals surface area contributed by atoms with Gasteiger partial charge < -0.3 is 5.11 Å². The minimum Gasteiger partial charge on any atom is -0.389 e. The largest absolute Gasteiger partial charge is 0.389 e. The topological polar surface area (TPSA) is 37.3 Å². The number of aliphatic hydroxyl groups is 1. The van der Waals surface area contributed by atoms with E-state index in [9.17, 15) is 9.90 Å². The maximum absolute atomic E-state index is 11.8. The van der Waals surface area contributed by atoms with Gasteiger partial charge in [0.2, 0.25) is 0 Å². The van der Waals surface area contributed by atoms with Crippen LogP contribution in [0.3, 0.4) is 0 Å². The average molecular weight is 234 g/mol. The monoisotopic (exact) mass is 234 g/mol. The second-order valence-electron chi connectivity index (χ2n) is 5.56. The Hall–Kier alpha value is -1.15. The first-order chi connectivity index (χ1) is 7.80. The van der Waals surface area contributed by atoms with Crippen LogP contribution in [0.1, 0.15) is 40.5 Å². The Morgan fingerprint density at radius 2 is 2.00 bits per heavy atom. The zero-order chi connectivity index (χ0) is 13.1. The number of carbonyl (C=O) groups excluding carboxylic acids is 1. The molecule has 0 saturated heterocycles. The highest BCUT2D eigenvalue weighted by Crippen LogP contribution is 2.25. The molecule has 1 atom stereocenters. The number of aliphatic hydroxyl groups excluding tert-OH is 1. The first-order valence-electron chi connectivity index (χ1n) is 6.06. The summed E-state index contributed by atoms with van der Waals surface area (Å²) in [5.41, 5.74) is 1.75. The Labute approximate surface area is 104 Å². The van der Waals surface area contributed by atoms with Crippen molar-refractivity contribution < 1.29 is 9.90 Å². The van der Waals surface area contributed by atoms with E-state index in [0.717, 1.165) is 12.0 Å². The summed E-state index contributed by atoms with van der Waals surface area (Å²) in [7, 11) is 0. The van der Waals surface area contributed by atoms with Crippen molar-refractivity contribution in [3.8, 4) is 0 Å². The zero-order valence-electron chi connectivity index (χ0n) is 11.2. The van der Waals surface area contributed by atoms with Crippen LogP contribution in [0.5, 0.6) is 0 Å². The lowest BCUT2D eigenvalue weighted by atomic mass is 9.87. The summed E-state index contributed by atoms with van der Waals surface area (Å²) in [6, 6.07) is 0. The van der Waals surface area contributed by atoms with Gasteiger partial charge >= 0.3 is 0 Å². The van der Waals surface area contributed by atoms with Crippen LogP contribution in [-0.2, 0) is 4.79 Å². The van der Waals surface area contributed by atoms with Gasteiger partial charge in [0.1, 0.15) is 0 Å². The first-order valence-corrected chi connectivity index (χ1v) is 6.06. The van der Waals surface area contributed by atoms with Crippen LogP contribution in [0.25, 0.3) is 0 Å². The molecule has 94 valence electrons. The van der Waals surface area contributed by atoms with E-state index in [2.05, 4.69) is 19.9 Å². The van der Waals surface area contributed by atoms with Gasteiger partial charge in [-0.2, -0.15) is 0 Å². The van der Waals surface area contributed by atoms with E-state index in [4.69, 9.17) is 0 Å². The fraction of sp³-hybridized carbons (Fsp3) is 0.533. The highest BCUT2D eigenvalue weighted by Gasteiger charge is 2.15. The highest BCUT2D eigenvalue weighted by molar-refractivity contribution is 6.03. The molecule has 0 amide bonds. The molecule has 0 heterocycles. The third-order valence-corrected chi connectivity index (χ3v) is 3.02. The van der Waals surface area contributed by atoms with Gasteiger partial charge in [-0.1, -0.05) is 31.6 Å². The molecule has 2 heteroatoms. The molecule has 0 fully saturated rings. The summed E-state index contributed by atoms with van der Waals surface area (Å²) in [6.45, 7) is 7.98. The predicted octanol–water partition coefficient (Wildman–Crippen LogP) is 3.19. The minimum absolute atomic E-state index is 0.0170. The van der Waals surface area contributed by atoms with Gasteiger partial charge in [0, 0.05) is 0 Å².